The summed E-state index contributed by atoms with van der Waals surface area (Å²) in [7, 11) is 0. The van der Waals surface area contributed by atoms with Gasteiger partial charge in [-0.3, -0.25) is 14.9 Å². The number of hydrogen-bond acceptors (Lipinski definition) is 8. The molecule has 9 nitrogen and oxygen atoms in total. The molecule has 2 aliphatic heterocycles. The summed E-state index contributed by atoms with van der Waals surface area (Å²) in [4.78, 5) is 37.3. The smallest absolute Gasteiger partial charge is 0.356 e. The molecule has 10 heteroatoms. The van der Waals surface area contributed by atoms with E-state index in [1.807, 2.05) is 0 Å². The van der Waals surface area contributed by atoms with E-state index in [1.54, 1.807) is 6.92 Å². The van der Waals surface area contributed by atoms with Crippen molar-refractivity contribution in [3.8, 4) is 0 Å². The van der Waals surface area contributed by atoms with Gasteiger partial charge in [0.05, 0.1) is 29.6 Å². The third-order valence-electron chi connectivity index (χ3n) is 4.77. The van der Waals surface area contributed by atoms with Gasteiger partial charge < -0.3 is 19.8 Å². The molecule has 0 bridgehead atoms. The van der Waals surface area contributed by atoms with Crippen LogP contribution < -0.4 is 0 Å². The second-order valence-electron chi connectivity index (χ2n) is 6.59. The van der Waals surface area contributed by atoms with Crippen LogP contribution in [0, 0.1) is 16.0 Å². The van der Waals surface area contributed by atoms with E-state index in [0.29, 0.717) is 22.6 Å². The third kappa shape index (κ3) is 3.75. The highest BCUT2D eigenvalue weighted by molar-refractivity contribution is 8.03. The monoisotopic (exact) mass is 408 g/mol. The highest BCUT2D eigenvalue weighted by Gasteiger charge is 2.56. The number of nitro groups is 1. The SMILES string of the molecule is C[C@@H](O)[C@@H]1C(=O)N2C(C(=O)OCc3ccc([N+](=O)[O-])cc3)=C(SCCO)CC12. The lowest BCUT2D eigenvalue weighted by molar-refractivity contribution is -0.384. The number of ether oxygens (including phenoxy) is 1. The molecule has 1 saturated heterocycles. The van der Waals surface area contributed by atoms with Crippen LogP contribution in [0.5, 0.6) is 0 Å². The molecule has 1 amide bonds. The number of thioether (sulfide) groups is 1. The highest BCUT2D eigenvalue weighted by Crippen LogP contribution is 2.47. The fraction of sp³-hybridized carbons (Fsp3) is 0.444. The van der Waals surface area contributed by atoms with Crippen molar-refractivity contribution in [2.24, 2.45) is 5.92 Å². The predicted octanol–water partition coefficient (Wildman–Crippen LogP) is 1.19. The van der Waals surface area contributed by atoms with Gasteiger partial charge in [-0.2, -0.15) is 0 Å². The molecule has 0 radical (unpaired) electrons. The Morgan fingerprint density at radius 2 is 2.11 bits per heavy atom. The number of amides is 1. The van der Waals surface area contributed by atoms with E-state index in [4.69, 9.17) is 9.84 Å². The fourth-order valence-corrected chi connectivity index (χ4v) is 4.39. The molecule has 3 rings (SSSR count). The number of nitro benzene ring substituents is 1. The number of β-lactam (4-membered cyclic amide) rings is 1. The number of fused-ring (bicyclic) bond motifs is 1. The number of aliphatic hydroxyl groups excluding tert-OH is 2. The van der Waals surface area contributed by atoms with Crippen molar-refractivity contribution < 1.29 is 29.5 Å². The Bertz CT molecular complexity index is 822. The van der Waals surface area contributed by atoms with Crippen LogP contribution in [-0.4, -0.2) is 56.4 Å². The van der Waals surface area contributed by atoms with Gasteiger partial charge in [-0.1, -0.05) is 0 Å². The average Bonchev–Trinajstić information content (AvgIpc) is 2.98. The van der Waals surface area contributed by atoms with Gasteiger partial charge >= 0.3 is 5.97 Å². The van der Waals surface area contributed by atoms with Crippen LogP contribution in [0.1, 0.15) is 18.9 Å². The molecule has 0 aromatic heterocycles. The zero-order chi connectivity index (χ0) is 20.4. The Balaban J connectivity index is 1.72. The first kappa shape index (κ1) is 20.3. The van der Waals surface area contributed by atoms with Gasteiger partial charge in [0.25, 0.3) is 5.69 Å². The summed E-state index contributed by atoms with van der Waals surface area (Å²) in [6.45, 7) is 1.38. The first-order valence-corrected chi connectivity index (χ1v) is 9.72. The number of nitrogens with zero attached hydrogens (tertiary/aromatic N) is 2. The molecule has 1 aromatic rings. The number of carbonyl (C=O) groups is 2. The number of rotatable bonds is 8. The van der Waals surface area contributed by atoms with Crippen molar-refractivity contribution in [2.45, 2.75) is 32.1 Å². The Hall–Kier alpha value is -2.43. The Labute approximate surface area is 165 Å². The maximum absolute atomic E-state index is 12.7. The van der Waals surface area contributed by atoms with Crippen LogP contribution in [0.3, 0.4) is 0 Å². The van der Waals surface area contributed by atoms with Crippen molar-refractivity contribution in [2.75, 3.05) is 12.4 Å². The van der Waals surface area contributed by atoms with Crippen molar-refractivity contribution in [1.29, 1.82) is 0 Å². The Kier molecular flexibility index (Phi) is 6.01. The Morgan fingerprint density at radius 1 is 1.43 bits per heavy atom. The van der Waals surface area contributed by atoms with Crippen LogP contribution in [-0.2, 0) is 20.9 Å². The van der Waals surface area contributed by atoms with Crippen LogP contribution in [0.2, 0.25) is 0 Å². The summed E-state index contributed by atoms with van der Waals surface area (Å²) < 4.78 is 5.32. The highest BCUT2D eigenvalue weighted by atomic mass is 32.2. The van der Waals surface area contributed by atoms with Gasteiger partial charge in [0.2, 0.25) is 5.91 Å². The van der Waals surface area contributed by atoms with Gasteiger partial charge in [0.15, 0.2) is 0 Å². The lowest BCUT2D eigenvalue weighted by Gasteiger charge is -2.44. The van der Waals surface area contributed by atoms with Crippen LogP contribution in [0.25, 0.3) is 0 Å². The minimum Gasteiger partial charge on any atom is -0.456 e. The number of carbonyl (C=O) groups excluding carboxylic acids is 2. The predicted molar refractivity (Wildman–Crippen MR) is 99.9 cm³/mol. The average molecular weight is 408 g/mol. The summed E-state index contributed by atoms with van der Waals surface area (Å²) in [5, 5.41) is 29.6. The minimum absolute atomic E-state index is 0.0607. The molecule has 3 atom stereocenters. The van der Waals surface area contributed by atoms with E-state index >= 15 is 0 Å². The molecule has 0 spiro atoms. The number of hydrogen-bond donors (Lipinski definition) is 2. The molecule has 1 fully saturated rings. The summed E-state index contributed by atoms with van der Waals surface area (Å²) in [6.07, 6.45) is -0.373. The minimum atomic E-state index is -0.812. The third-order valence-corrected chi connectivity index (χ3v) is 5.86. The quantitative estimate of drug-likeness (QED) is 0.284. The van der Waals surface area contributed by atoms with Crippen LogP contribution in [0.4, 0.5) is 5.69 Å². The maximum Gasteiger partial charge on any atom is 0.356 e. The van der Waals surface area contributed by atoms with Crippen molar-refractivity contribution in [3.05, 3.63) is 50.5 Å². The van der Waals surface area contributed by atoms with Gasteiger partial charge in [-0.15, -0.1) is 11.8 Å². The van der Waals surface area contributed by atoms with E-state index in [1.165, 1.54) is 40.9 Å². The Morgan fingerprint density at radius 3 is 2.68 bits per heavy atom. The number of non-ortho nitro benzene ring substituents is 1. The normalized spacial score (nSPS) is 22.0. The van der Waals surface area contributed by atoms with Crippen molar-refractivity contribution in [3.63, 3.8) is 0 Å². The molecule has 2 N–H and O–H groups in total. The van der Waals surface area contributed by atoms with Crippen LogP contribution >= 0.6 is 11.8 Å². The number of aliphatic hydroxyl groups is 2. The molecule has 1 unspecified atom stereocenters. The fourth-order valence-electron chi connectivity index (χ4n) is 3.45. The van der Waals surface area contributed by atoms with E-state index in [2.05, 4.69) is 0 Å². The van der Waals surface area contributed by atoms with E-state index < -0.39 is 22.9 Å². The van der Waals surface area contributed by atoms with E-state index in [9.17, 15) is 24.8 Å². The van der Waals surface area contributed by atoms with Crippen LogP contribution in [0.15, 0.2) is 34.9 Å². The molecular formula is C18H20N2O7S. The molecule has 2 heterocycles. The largest absolute Gasteiger partial charge is 0.456 e. The summed E-state index contributed by atoms with van der Waals surface area (Å²) in [5.74, 6) is -1.16. The lowest BCUT2D eigenvalue weighted by Crippen LogP contribution is -2.61. The van der Waals surface area contributed by atoms with Crippen molar-refractivity contribution in [1.82, 2.24) is 4.90 Å². The standard InChI is InChI=1S/C18H20N2O7S/c1-10(22)15-13-8-14(28-7-6-21)16(19(13)17(15)23)18(24)27-9-11-2-4-12(5-3-11)20(25)26/h2-5,10,13,15,21-22H,6-9H2,1H3/t10-,13?,15+/m1/s1. The zero-order valence-electron chi connectivity index (χ0n) is 15.1. The summed E-state index contributed by atoms with van der Waals surface area (Å²) in [6, 6.07) is 5.36. The topological polar surface area (TPSA) is 130 Å². The first-order valence-electron chi connectivity index (χ1n) is 8.73. The molecular weight excluding hydrogens is 388 g/mol. The summed E-state index contributed by atoms with van der Waals surface area (Å²) in [5.41, 5.74) is 0.678. The van der Waals surface area contributed by atoms with E-state index in [-0.39, 0.29) is 36.5 Å². The summed E-state index contributed by atoms with van der Waals surface area (Å²) >= 11 is 1.29. The molecule has 0 aliphatic carbocycles. The van der Waals surface area contributed by atoms with Gasteiger partial charge in [0, 0.05) is 29.2 Å². The maximum atomic E-state index is 12.7. The molecule has 28 heavy (non-hydrogen) atoms. The van der Waals surface area contributed by atoms with E-state index in [0.717, 1.165) is 0 Å². The molecule has 150 valence electrons. The van der Waals surface area contributed by atoms with Gasteiger partial charge in [-0.25, -0.2) is 4.79 Å². The second-order valence-corrected chi connectivity index (χ2v) is 7.78. The first-order chi connectivity index (χ1) is 13.3. The van der Waals surface area contributed by atoms with Crippen molar-refractivity contribution >= 4 is 29.3 Å². The molecule has 2 aliphatic rings. The number of benzene rings is 1. The lowest BCUT2D eigenvalue weighted by atomic mass is 9.83. The van der Waals surface area contributed by atoms with Gasteiger partial charge in [-0.05, 0) is 24.6 Å². The number of esters is 1. The zero-order valence-corrected chi connectivity index (χ0v) is 15.9. The van der Waals surface area contributed by atoms with Gasteiger partial charge in [0.1, 0.15) is 12.3 Å². The molecule has 1 aromatic carbocycles. The molecule has 0 saturated carbocycles. The second kappa shape index (κ2) is 8.29.